The summed E-state index contributed by atoms with van der Waals surface area (Å²) in [4.78, 5) is 20.9. The summed E-state index contributed by atoms with van der Waals surface area (Å²) in [7, 11) is 2.14. The van der Waals surface area contributed by atoms with E-state index in [1.165, 1.54) is 12.3 Å². The molecular weight excluding hydrogens is 343 g/mol. The highest BCUT2D eigenvalue weighted by molar-refractivity contribution is 5.98. The van der Waals surface area contributed by atoms with Gasteiger partial charge < -0.3 is 14.8 Å². The Balaban J connectivity index is 1.64. The second kappa shape index (κ2) is 6.28. The monoisotopic (exact) mass is 362 g/mol. The number of hydrogen-bond donors (Lipinski definition) is 1. The second-order valence-electron chi connectivity index (χ2n) is 6.97. The van der Waals surface area contributed by atoms with Crippen LogP contribution in [0.5, 0.6) is 0 Å². The smallest absolute Gasteiger partial charge is 0.142 e. The van der Waals surface area contributed by atoms with E-state index < -0.39 is 0 Å². The Labute approximate surface area is 155 Å². The molecular formula is C20H19FN6. The Morgan fingerprint density at radius 3 is 2.70 bits per heavy atom. The molecule has 0 atom stereocenters. The van der Waals surface area contributed by atoms with Gasteiger partial charge in [-0.15, -0.1) is 0 Å². The zero-order valence-corrected chi connectivity index (χ0v) is 15.0. The standard InChI is InChI=1S/C20H19FN6/c1-26-4-6-27(7-5-26)20-16-8-13(2-3-18(16)24-12-25-20)17-11-23-19-15(17)9-14(21)10-22-19/h2-3,8-12H,4-7H2,1H3,(H,22,23). The molecule has 1 fully saturated rings. The highest BCUT2D eigenvalue weighted by atomic mass is 19.1. The summed E-state index contributed by atoms with van der Waals surface area (Å²) in [6.07, 6.45) is 4.72. The zero-order valence-electron chi connectivity index (χ0n) is 15.0. The van der Waals surface area contributed by atoms with E-state index in [0.29, 0.717) is 5.65 Å². The Kier molecular flexibility index (Phi) is 3.75. The minimum Gasteiger partial charge on any atom is -0.353 e. The maximum atomic E-state index is 13.7. The van der Waals surface area contributed by atoms with Gasteiger partial charge in [-0.2, -0.15) is 0 Å². The summed E-state index contributed by atoms with van der Waals surface area (Å²) < 4.78 is 13.7. The number of hydrogen-bond acceptors (Lipinski definition) is 5. The van der Waals surface area contributed by atoms with E-state index >= 15 is 0 Å². The first kappa shape index (κ1) is 16.1. The van der Waals surface area contributed by atoms with Gasteiger partial charge in [0.1, 0.15) is 23.6 Å². The number of benzene rings is 1. The zero-order chi connectivity index (χ0) is 18.4. The van der Waals surface area contributed by atoms with Crippen molar-refractivity contribution in [2.24, 2.45) is 0 Å². The number of pyridine rings is 1. The van der Waals surface area contributed by atoms with Crippen molar-refractivity contribution in [2.75, 3.05) is 38.1 Å². The van der Waals surface area contributed by atoms with Crippen molar-refractivity contribution in [1.29, 1.82) is 0 Å². The van der Waals surface area contributed by atoms with Gasteiger partial charge in [-0.25, -0.2) is 19.3 Å². The first-order valence-electron chi connectivity index (χ1n) is 9.00. The van der Waals surface area contributed by atoms with Gasteiger partial charge in [-0.3, -0.25) is 0 Å². The van der Waals surface area contributed by atoms with E-state index in [0.717, 1.165) is 59.4 Å². The molecule has 0 bridgehead atoms. The van der Waals surface area contributed by atoms with Gasteiger partial charge in [0, 0.05) is 48.7 Å². The molecule has 0 saturated carbocycles. The Morgan fingerprint density at radius 1 is 1.00 bits per heavy atom. The predicted octanol–water partition coefficient (Wildman–Crippen LogP) is 3.06. The number of rotatable bonds is 2. The fraction of sp³-hybridized carbons (Fsp3) is 0.250. The number of anilines is 1. The van der Waals surface area contributed by atoms with E-state index in [4.69, 9.17) is 0 Å². The van der Waals surface area contributed by atoms with Crippen LogP contribution in [-0.2, 0) is 0 Å². The second-order valence-corrected chi connectivity index (χ2v) is 6.97. The largest absolute Gasteiger partial charge is 0.353 e. The number of likely N-dealkylation sites (N-methyl/N-ethyl adjacent to an activating group) is 1. The third-order valence-electron chi connectivity index (χ3n) is 5.23. The lowest BCUT2D eigenvalue weighted by Gasteiger charge is -2.33. The molecule has 1 aliphatic heterocycles. The van der Waals surface area contributed by atoms with E-state index in [1.54, 1.807) is 6.33 Å². The van der Waals surface area contributed by atoms with Crippen molar-refractivity contribution in [2.45, 2.75) is 0 Å². The fourth-order valence-electron chi connectivity index (χ4n) is 3.70. The summed E-state index contributed by atoms with van der Waals surface area (Å²) in [5.74, 6) is 0.615. The first-order valence-corrected chi connectivity index (χ1v) is 9.00. The molecule has 1 aliphatic rings. The van der Waals surface area contributed by atoms with Crippen LogP contribution < -0.4 is 4.90 Å². The molecule has 4 heterocycles. The number of nitrogens with zero attached hydrogens (tertiary/aromatic N) is 5. The van der Waals surface area contributed by atoms with Crippen LogP contribution in [0.1, 0.15) is 0 Å². The van der Waals surface area contributed by atoms with Crippen LogP contribution >= 0.6 is 0 Å². The van der Waals surface area contributed by atoms with Crippen LogP contribution in [0.15, 0.2) is 43.0 Å². The van der Waals surface area contributed by atoms with Gasteiger partial charge in [-0.1, -0.05) is 6.07 Å². The molecule has 5 rings (SSSR count). The number of halogens is 1. The maximum Gasteiger partial charge on any atom is 0.142 e. The van der Waals surface area contributed by atoms with E-state index in [-0.39, 0.29) is 5.82 Å². The number of aromatic amines is 1. The van der Waals surface area contributed by atoms with Crippen molar-refractivity contribution >= 4 is 27.8 Å². The van der Waals surface area contributed by atoms with E-state index in [9.17, 15) is 4.39 Å². The van der Waals surface area contributed by atoms with Crippen molar-refractivity contribution in [3.63, 3.8) is 0 Å². The lowest BCUT2D eigenvalue weighted by Crippen LogP contribution is -2.44. The maximum absolute atomic E-state index is 13.7. The molecule has 4 aromatic rings. The van der Waals surface area contributed by atoms with Crippen LogP contribution in [0.3, 0.4) is 0 Å². The summed E-state index contributed by atoms with van der Waals surface area (Å²) in [6, 6.07) is 7.62. The summed E-state index contributed by atoms with van der Waals surface area (Å²) in [6.45, 7) is 3.90. The molecule has 136 valence electrons. The van der Waals surface area contributed by atoms with Gasteiger partial charge in [0.2, 0.25) is 0 Å². The van der Waals surface area contributed by atoms with E-state index in [2.05, 4.69) is 42.8 Å². The fourth-order valence-corrected chi connectivity index (χ4v) is 3.70. The molecule has 1 N–H and O–H groups in total. The number of piperazine rings is 1. The minimum atomic E-state index is -0.342. The van der Waals surface area contributed by atoms with Gasteiger partial charge in [0.05, 0.1) is 11.7 Å². The molecule has 27 heavy (non-hydrogen) atoms. The van der Waals surface area contributed by atoms with Gasteiger partial charge >= 0.3 is 0 Å². The average molecular weight is 362 g/mol. The summed E-state index contributed by atoms with van der Waals surface area (Å²) >= 11 is 0. The average Bonchev–Trinajstić information content (AvgIpc) is 3.11. The van der Waals surface area contributed by atoms with Crippen LogP contribution in [0.25, 0.3) is 33.1 Å². The highest BCUT2D eigenvalue weighted by Crippen LogP contribution is 2.32. The van der Waals surface area contributed by atoms with Crippen LogP contribution in [0.4, 0.5) is 10.2 Å². The third-order valence-corrected chi connectivity index (χ3v) is 5.23. The van der Waals surface area contributed by atoms with Crippen molar-refractivity contribution in [3.05, 3.63) is 48.8 Å². The number of H-pyrrole nitrogens is 1. The van der Waals surface area contributed by atoms with Crippen LogP contribution in [0, 0.1) is 5.82 Å². The molecule has 3 aromatic heterocycles. The van der Waals surface area contributed by atoms with E-state index in [1.807, 2.05) is 18.3 Å². The number of nitrogens with one attached hydrogen (secondary N) is 1. The van der Waals surface area contributed by atoms with Crippen LogP contribution in [0.2, 0.25) is 0 Å². The van der Waals surface area contributed by atoms with Gasteiger partial charge in [-0.05, 0) is 30.8 Å². The molecule has 0 radical (unpaired) electrons. The Hall–Kier alpha value is -3.06. The SMILES string of the molecule is CN1CCN(c2ncnc3ccc(-c4c[nH]c5ncc(F)cc45)cc23)CC1. The molecule has 1 saturated heterocycles. The normalized spacial score (nSPS) is 15.7. The molecule has 6 nitrogen and oxygen atoms in total. The Bertz CT molecular complexity index is 1130. The van der Waals surface area contributed by atoms with Gasteiger partial charge in [0.15, 0.2) is 0 Å². The number of aromatic nitrogens is 4. The summed E-state index contributed by atoms with van der Waals surface area (Å²) in [5, 5.41) is 1.78. The molecule has 1 aromatic carbocycles. The lowest BCUT2D eigenvalue weighted by molar-refractivity contribution is 0.312. The van der Waals surface area contributed by atoms with Crippen LogP contribution in [-0.4, -0.2) is 58.1 Å². The molecule has 0 aliphatic carbocycles. The third kappa shape index (κ3) is 2.80. The van der Waals surface area contributed by atoms with Gasteiger partial charge in [0.25, 0.3) is 0 Å². The number of fused-ring (bicyclic) bond motifs is 2. The summed E-state index contributed by atoms with van der Waals surface area (Å²) in [5.41, 5.74) is 3.50. The minimum absolute atomic E-state index is 0.342. The molecule has 0 amide bonds. The quantitative estimate of drug-likeness (QED) is 0.594. The molecule has 0 unspecified atom stereocenters. The molecule has 7 heteroatoms. The predicted molar refractivity (Wildman–Crippen MR) is 104 cm³/mol. The molecule has 0 spiro atoms. The lowest BCUT2D eigenvalue weighted by atomic mass is 10.0. The van der Waals surface area contributed by atoms with Crippen molar-refractivity contribution in [3.8, 4) is 11.1 Å². The first-order chi connectivity index (χ1) is 13.2. The van der Waals surface area contributed by atoms with Crippen molar-refractivity contribution in [1.82, 2.24) is 24.8 Å². The highest BCUT2D eigenvalue weighted by Gasteiger charge is 2.18. The van der Waals surface area contributed by atoms with Crippen molar-refractivity contribution < 1.29 is 4.39 Å². The Morgan fingerprint density at radius 2 is 1.85 bits per heavy atom. The topological polar surface area (TPSA) is 60.9 Å².